The van der Waals surface area contributed by atoms with Crippen molar-refractivity contribution in [2.75, 3.05) is 6.54 Å². The van der Waals surface area contributed by atoms with Gasteiger partial charge in [0.05, 0.1) is 12.2 Å². The summed E-state index contributed by atoms with van der Waals surface area (Å²) in [5.74, 6) is -0.845. The van der Waals surface area contributed by atoms with Crippen molar-refractivity contribution in [2.45, 2.75) is 39.7 Å². The first kappa shape index (κ1) is 15.6. The summed E-state index contributed by atoms with van der Waals surface area (Å²) in [7, 11) is 0. The molecule has 0 saturated carbocycles. The Labute approximate surface area is 123 Å². The third-order valence-electron chi connectivity index (χ3n) is 3.64. The molecular formula is C16H21F2N3. The van der Waals surface area contributed by atoms with Crippen LogP contribution in [0, 0.1) is 11.6 Å². The number of nitrogens with zero attached hydrogens (tertiary/aromatic N) is 2. The number of aryl methyl sites for hydroxylation is 1. The van der Waals surface area contributed by atoms with Gasteiger partial charge in [-0.05, 0) is 49.6 Å². The van der Waals surface area contributed by atoms with Crippen LogP contribution < -0.4 is 5.73 Å². The first-order chi connectivity index (χ1) is 10.1. The number of hydrogen-bond donors (Lipinski definition) is 1. The van der Waals surface area contributed by atoms with E-state index in [2.05, 4.69) is 5.10 Å². The fourth-order valence-corrected chi connectivity index (χ4v) is 2.66. The Morgan fingerprint density at radius 2 is 1.95 bits per heavy atom. The molecule has 0 aliphatic carbocycles. The fourth-order valence-electron chi connectivity index (χ4n) is 2.66. The highest BCUT2D eigenvalue weighted by Gasteiger charge is 2.16. The van der Waals surface area contributed by atoms with Gasteiger partial charge in [0.1, 0.15) is 11.6 Å². The normalized spacial score (nSPS) is 11.1. The molecule has 0 unspecified atom stereocenters. The molecule has 1 aromatic heterocycles. The van der Waals surface area contributed by atoms with Crippen LogP contribution in [0.2, 0.25) is 0 Å². The molecule has 5 heteroatoms. The van der Waals surface area contributed by atoms with E-state index in [-0.39, 0.29) is 6.54 Å². The Morgan fingerprint density at radius 3 is 2.57 bits per heavy atom. The molecule has 0 atom stereocenters. The van der Waals surface area contributed by atoms with E-state index >= 15 is 0 Å². The Balaban J connectivity index is 2.41. The molecule has 2 N–H and O–H groups in total. The minimum absolute atomic E-state index is 0.240. The average molecular weight is 293 g/mol. The predicted molar refractivity (Wildman–Crippen MR) is 79.2 cm³/mol. The number of hydrogen-bond acceptors (Lipinski definition) is 2. The maximum absolute atomic E-state index is 13.8. The van der Waals surface area contributed by atoms with Gasteiger partial charge in [-0.1, -0.05) is 13.8 Å². The van der Waals surface area contributed by atoms with E-state index in [1.807, 2.05) is 13.8 Å². The lowest BCUT2D eigenvalue weighted by Gasteiger charge is -2.09. The molecule has 114 valence electrons. The molecule has 2 rings (SSSR count). The van der Waals surface area contributed by atoms with Gasteiger partial charge in [0.15, 0.2) is 0 Å². The van der Waals surface area contributed by atoms with Crippen LogP contribution in [0.4, 0.5) is 8.78 Å². The molecule has 2 aromatic rings. The Morgan fingerprint density at radius 1 is 1.19 bits per heavy atom. The summed E-state index contributed by atoms with van der Waals surface area (Å²) in [5.41, 5.74) is 9.18. The third kappa shape index (κ3) is 3.29. The van der Waals surface area contributed by atoms with E-state index in [1.54, 1.807) is 4.68 Å². The first-order valence-electron chi connectivity index (χ1n) is 7.32. The average Bonchev–Trinajstić information content (AvgIpc) is 2.80. The molecule has 0 saturated heterocycles. The molecule has 0 bridgehead atoms. The molecule has 1 aromatic carbocycles. The number of benzene rings is 1. The minimum atomic E-state index is -0.436. The van der Waals surface area contributed by atoms with Gasteiger partial charge in [-0.25, -0.2) is 8.78 Å². The number of rotatable bonds is 6. The SMILES string of the molecule is CCc1nn(Cc2cc(F)ccc2F)c(CC)c1CCN. The van der Waals surface area contributed by atoms with Crippen LogP contribution in [0.15, 0.2) is 18.2 Å². The van der Waals surface area contributed by atoms with Crippen molar-refractivity contribution in [1.29, 1.82) is 0 Å². The van der Waals surface area contributed by atoms with Gasteiger partial charge in [-0.15, -0.1) is 0 Å². The van der Waals surface area contributed by atoms with Gasteiger partial charge >= 0.3 is 0 Å². The van der Waals surface area contributed by atoms with Crippen LogP contribution in [0.5, 0.6) is 0 Å². The Bertz CT molecular complexity index is 620. The van der Waals surface area contributed by atoms with E-state index in [0.717, 1.165) is 48.3 Å². The summed E-state index contributed by atoms with van der Waals surface area (Å²) in [6, 6.07) is 3.51. The molecule has 0 fully saturated rings. The molecule has 0 aliphatic heterocycles. The molecule has 21 heavy (non-hydrogen) atoms. The number of halogens is 2. The van der Waals surface area contributed by atoms with Crippen molar-refractivity contribution in [3.05, 3.63) is 52.3 Å². The van der Waals surface area contributed by atoms with Crippen molar-refractivity contribution >= 4 is 0 Å². The summed E-state index contributed by atoms with van der Waals surface area (Å²) in [6.07, 6.45) is 2.36. The second-order valence-corrected chi connectivity index (χ2v) is 5.01. The molecule has 1 heterocycles. The van der Waals surface area contributed by atoms with Crippen molar-refractivity contribution in [2.24, 2.45) is 5.73 Å². The topological polar surface area (TPSA) is 43.8 Å². The first-order valence-corrected chi connectivity index (χ1v) is 7.32. The summed E-state index contributed by atoms with van der Waals surface area (Å²) in [4.78, 5) is 0. The second kappa shape index (κ2) is 6.80. The molecular weight excluding hydrogens is 272 g/mol. The van der Waals surface area contributed by atoms with Crippen LogP contribution in [-0.2, 0) is 25.8 Å². The van der Waals surface area contributed by atoms with Crippen molar-refractivity contribution in [1.82, 2.24) is 9.78 Å². The zero-order chi connectivity index (χ0) is 15.4. The lowest BCUT2D eigenvalue weighted by molar-refractivity contribution is 0.558. The molecule has 0 radical (unpaired) electrons. The van der Waals surface area contributed by atoms with E-state index in [0.29, 0.717) is 12.1 Å². The van der Waals surface area contributed by atoms with E-state index < -0.39 is 11.6 Å². The maximum Gasteiger partial charge on any atom is 0.128 e. The van der Waals surface area contributed by atoms with Crippen molar-refractivity contribution in [3.8, 4) is 0 Å². The largest absolute Gasteiger partial charge is 0.330 e. The maximum atomic E-state index is 13.8. The lowest BCUT2D eigenvalue weighted by Crippen LogP contribution is -2.10. The Hall–Kier alpha value is -1.75. The van der Waals surface area contributed by atoms with Crippen LogP contribution in [0.3, 0.4) is 0 Å². The fraction of sp³-hybridized carbons (Fsp3) is 0.438. The number of aromatic nitrogens is 2. The number of nitrogens with two attached hydrogens (primary N) is 1. The molecule has 0 spiro atoms. The predicted octanol–water partition coefficient (Wildman–Crippen LogP) is 2.84. The Kier molecular flexibility index (Phi) is 5.07. The van der Waals surface area contributed by atoms with Crippen molar-refractivity contribution in [3.63, 3.8) is 0 Å². The van der Waals surface area contributed by atoms with E-state index in [4.69, 9.17) is 5.73 Å². The highest BCUT2D eigenvalue weighted by atomic mass is 19.1. The van der Waals surface area contributed by atoms with Crippen LogP contribution in [-0.4, -0.2) is 16.3 Å². The lowest BCUT2D eigenvalue weighted by atomic mass is 10.1. The van der Waals surface area contributed by atoms with Crippen LogP contribution in [0.1, 0.15) is 36.4 Å². The van der Waals surface area contributed by atoms with Crippen molar-refractivity contribution < 1.29 is 8.78 Å². The van der Waals surface area contributed by atoms with Gasteiger partial charge in [0.2, 0.25) is 0 Å². The monoisotopic (exact) mass is 293 g/mol. The van der Waals surface area contributed by atoms with Gasteiger partial charge in [0.25, 0.3) is 0 Å². The van der Waals surface area contributed by atoms with Gasteiger partial charge < -0.3 is 5.73 Å². The molecule has 0 aliphatic rings. The zero-order valence-electron chi connectivity index (χ0n) is 12.5. The highest BCUT2D eigenvalue weighted by molar-refractivity contribution is 5.29. The molecule has 3 nitrogen and oxygen atoms in total. The van der Waals surface area contributed by atoms with E-state index in [9.17, 15) is 8.78 Å². The third-order valence-corrected chi connectivity index (χ3v) is 3.64. The minimum Gasteiger partial charge on any atom is -0.330 e. The standard InChI is InChI=1S/C16H21F2N3/c1-3-15-13(7-8-19)16(4-2)21(20-15)10-11-9-12(17)5-6-14(11)18/h5-6,9H,3-4,7-8,10,19H2,1-2H3. The van der Waals surface area contributed by atoms with Gasteiger partial charge in [-0.3, -0.25) is 4.68 Å². The summed E-state index contributed by atoms with van der Waals surface area (Å²) < 4.78 is 28.9. The van der Waals surface area contributed by atoms with E-state index in [1.165, 1.54) is 6.07 Å². The summed E-state index contributed by atoms with van der Waals surface area (Å²) in [5, 5.41) is 4.56. The molecule has 0 amide bonds. The summed E-state index contributed by atoms with van der Waals surface area (Å²) in [6.45, 7) is 4.87. The summed E-state index contributed by atoms with van der Waals surface area (Å²) >= 11 is 0. The zero-order valence-corrected chi connectivity index (χ0v) is 12.5. The highest BCUT2D eigenvalue weighted by Crippen LogP contribution is 2.19. The van der Waals surface area contributed by atoms with Gasteiger partial charge in [-0.2, -0.15) is 5.10 Å². The quantitative estimate of drug-likeness (QED) is 0.890. The second-order valence-electron chi connectivity index (χ2n) is 5.01. The van der Waals surface area contributed by atoms with Crippen LogP contribution >= 0.6 is 0 Å². The van der Waals surface area contributed by atoms with Crippen LogP contribution in [0.25, 0.3) is 0 Å². The smallest absolute Gasteiger partial charge is 0.128 e. The van der Waals surface area contributed by atoms with Gasteiger partial charge in [0, 0.05) is 11.3 Å².